The molecule has 6 nitrogen and oxygen atoms in total. The van der Waals surface area contributed by atoms with Gasteiger partial charge in [0.1, 0.15) is 16.1 Å². The van der Waals surface area contributed by atoms with E-state index in [0.717, 1.165) is 5.56 Å². The van der Waals surface area contributed by atoms with Crippen molar-refractivity contribution in [2.24, 2.45) is 0 Å². The molecule has 0 aliphatic carbocycles. The predicted molar refractivity (Wildman–Crippen MR) is 108 cm³/mol. The second kappa shape index (κ2) is 6.63. The van der Waals surface area contributed by atoms with Crippen LogP contribution in [0.5, 0.6) is 0 Å². The quantitative estimate of drug-likeness (QED) is 0.421. The van der Waals surface area contributed by atoms with E-state index in [2.05, 4.69) is 10.1 Å². The largest absolute Gasteiger partial charge is 0.461 e. The molecule has 0 aliphatic heterocycles. The molecule has 0 atom stereocenters. The van der Waals surface area contributed by atoms with Crippen molar-refractivity contribution in [3.8, 4) is 22.9 Å². The molecule has 28 heavy (non-hydrogen) atoms. The maximum Gasteiger partial charge on any atom is 0.291 e. The number of halogens is 2. The summed E-state index contributed by atoms with van der Waals surface area (Å²) in [6.07, 6.45) is 3.20. The first kappa shape index (κ1) is 17.2. The second-order valence-corrected chi connectivity index (χ2v) is 7.68. The topological polar surface area (TPSA) is 73.5 Å². The lowest BCUT2D eigenvalue weighted by atomic mass is 10.2. The number of thiazole rings is 1. The lowest BCUT2D eigenvalue weighted by Gasteiger charge is -1.99. The van der Waals surface area contributed by atoms with Gasteiger partial charge in [-0.2, -0.15) is 9.50 Å². The predicted octanol–water partition coefficient (Wildman–Crippen LogP) is 4.53. The molecular formula is C19H9Cl2N3O3S. The van der Waals surface area contributed by atoms with Crippen LogP contribution in [-0.2, 0) is 0 Å². The summed E-state index contributed by atoms with van der Waals surface area (Å²) < 4.78 is 12.8. The Morgan fingerprint density at radius 3 is 2.71 bits per heavy atom. The first-order valence-electron chi connectivity index (χ1n) is 8.09. The molecule has 1 aromatic carbocycles. The Hall–Kier alpha value is -2.87. The van der Waals surface area contributed by atoms with Crippen LogP contribution in [0.3, 0.4) is 0 Å². The van der Waals surface area contributed by atoms with E-state index in [-0.39, 0.29) is 5.56 Å². The van der Waals surface area contributed by atoms with Crippen LogP contribution in [-0.4, -0.2) is 14.6 Å². The molecule has 0 aliphatic rings. The molecule has 138 valence electrons. The highest BCUT2D eigenvalue weighted by Gasteiger charge is 2.14. The molecule has 0 saturated carbocycles. The van der Waals surface area contributed by atoms with E-state index >= 15 is 0 Å². The van der Waals surface area contributed by atoms with E-state index in [1.54, 1.807) is 36.4 Å². The van der Waals surface area contributed by atoms with Gasteiger partial charge < -0.3 is 8.83 Å². The average Bonchev–Trinajstić information content (AvgIpc) is 3.45. The Balaban J connectivity index is 1.52. The molecule has 0 fully saturated rings. The summed E-state index contributed by atoms with van der Waals surface area (Å²) in [5.41, 5.74) is 0.528. The van der Waals surface area contributed by atoms with E-state index in [1.807, 2.05) is 12.1 Å². The fourth-order valence-electron chi connectivity index (χ4n) is 2.71. The van der Waals surface area contributed by atoms with Gasteiger partial charge in [0.2, 0.25) is 10.8 Å². The number of rotatable bonds is 3. The zero-order valence-corrected chi connectivity index (χ0v) is 16.3. The number of furan rings is 2. The monoisotopic (exact) mass is 429 g/mol. The van der Waals surface area contributed by atoms with Crippen LogP contribution in [0.4, 0.5) is 0 Å². The Bertz CT molecular complexity index is 1420. The van der Waals surface area contributed by atoms with Crippen LogP contribution >= 0.6 is 34.5 Å². The van der Waals surface area contributed by atoms with Crippen molar-refractivity contribution in [2.75, 3.05) is 0 Å². The van der Waals surface area contributed by atoms with Gasteiger partial charge in [-0.25, -0.2) is 0 Å². The highest BCUT2D eigenvalue weighted by atomic mass is 35.5. The molecule has 5 rings (SSSR count). The lowest BCUT2D eigenvalue weighted by molar-refractivity contribution is 0.571. The normalized spacial score (nSPS) is 12.3. The third-order valence-corrected chi connectivity index (χ3v) is 5.73. The minimum Gasteiger partial charge on any atom is -0.461 e. The second-order valence-electron chi connectivity index (χ2n) is 5.85. The number of benzene rings is 1. The molecule has 0 amide bonds. The third kappa shape index (κ3) is 2.93. The highest BCUT2D eigenvalue weighted by molar-refractivity contribution is 7.15. The molecule has 0 saturated heterocycles. The number of aromatic nitrogens is 3. The van der Waals surface area contributed by atoms with Gasteiger partial charge in [-0.1, -0.05) is 34.5 Å². The Labute approximate surface area is 171 Å². The average molecular weight is 430 g/mol. The number of fused-ring (bicyclic) bond motifs is 1. The van der Waals surface area contributed by atoms with Gasteiger partial charge in [0, 0.05) is 11.6 Å². The van der Waals surface area contributed by atoms with E-state index < -0.39 is 0 Å². The smallest absolute Gasteiger partial charge is 0.291 e. The molecule has 4 heterocycles. The van der Waals surface area contributed by atoms with Crippen LogP contribution in [0.1, 0.15) is 5.76 Å². The molecule has 5 aromatic rings. The fraction of sp³-hybridized carbons (Fsp3) is 0. The van der Waals surface area contributed by atoms with Gasteiger partial charge in [0.15, 0.2) is 5.76 Å². The van der Waals surface area contributed by atoms with E-state index in [1.165, 1.54) is 22.1 Å². The van der Waals surface area contributed by atoms with Gasteiger partial charge >= 0.3 is 0 Å². The summed E-state index contributed by atoms with van der Waals surface area (Å²) in [5, 5.41) is 5.14. The molecule has 0 radical (unpaired) electrons. The Morgan fingerprint density at radius 1 is 1.07 bits per heavy atom. The fourth-order valence-corrected chi connectivity index (χ4v) is 3.89. The van der Waals surface area contributed by atoms with Crippen molar-refractivity contribution in [1.82, 2.24) is 14.6 Å². The molecule has 4 aromatic heterocycles. The first-order chi connectivity index (χ1) is 13.6. The molecule has 9 heteroatoms. The van der Waals surface area contributed by atoms with Crippen LogP contribution in [0.2, 0.25) is 10.0 Å². The van der Waals surface area contributed by atoms with E-state index in [4.69, 9.17) is 32.0 Å². The summed E-state index contributed by atoms with van der Waals surface area (Å²) in [6, 6.07) is 12.3. The minimum atomic E-state index is -0.266. The summed E-state index contributed by atoms with van der Waals surface area (Å²) in [6.45, 7) is 0. The van der Waals surface area contributed by atoms with Gasteiger partial charge in [-0.15, -0.1) is 5.10 Å². The molecule has 0 N–H and O–H groups in total. The molecular weight excluding hydrogens is 421 g/mol. The number of hydrogen-bond acceptors (Lipinski definition) is 6. The molecule has 0 unspecified atom stereocenters. The maximum atomic E-state index is 12.6. The van der Waals surface area contributed by atoms with Crippen molar-refractivity contribution in [3.05, 3.63) is 79.4 Å². The van der Waals surface area contributed by atoms with Gasteiger partial charge in [-0.05, 0) is 42.5 Å². The van der Waals surface area contributed by atoms with Gasteiger partial charge in [0.25, 0.3) is 5.56 Å². The summed E-state index contributed by atoms with van der Waals surface area (Å²) >= 11 is 13.2. The zero-order valence-electron chi connectivity index (χ0n) is 13.9. The van der Waals surface area contributed by atoms with Crippen molar-refractivity contribution in [3.63, 3.8) is 0 Å². The summed E-state index contributed by atoms with van der Waals surface area (Å²) in [4.78, 5) is 17.4. The SMILES string of the molecule is O=c1/c(=C/c2ccc(-c3ccc(Cl)c(Cl)c3)o2)sc2nc(-c3ccco3)nn12. The third-order valence-electron chi connectivity index (χ3n) is 4.03. The highest BCUT2D eigenvalue weighted by Crippen LogP contribution is 2.29. The van der Waals surface area contributed by atoms with Crippen molar-refractivity contribution < 1.29 is 8.83 Å². The van der Waals surface area contributed by atoms with Crippen molar-refractivity contribution >= 4 is 45.6 Å². The summed E-state index contributed by atoms with van der Waals surface area (Å²) in [7, 11) is 0. The van der Waals surface area contributed by atoms with Crippen molar-refractivity contribution in [1.29, 1.82) is 0 Å². The van der Waals surface area contributed by atoms with Crippen LogP contribution in [0.15, 0.2) is 62.4 Å². The standard InChI is InChI=1S/C19H9Cl2N3O3S/c20-12-5-3-10(8-13(12)21)14-6-4-11(27-14)9-16-18(25)24-19(28-16)22-17(23-24)15-2-1-7-26-15/h1-9H/b16-9-. The van der Waals surface area contributed by atoms with E-state index in [0.29, 0.717) is 42.6 Å². The van der Waals surface area contributed by atoms with Crippen molar-refractivity contribution in [2.45, 2.75) is 0 Å². The first-order valence-corrected chi connectivity index (χ1v) is 9.66. The van der Waals surface area contributed by atoms with Crippen LogP contribution < -0.4 is 10.1 Å². The lowest BCUT2D eigenvalue weighted by Crippen LogP contribution is -2.23. The van der Waals surface area contributed by atoms with Gasteiger partial charge in [-0.3, -0.25) is 4.79 Å². The maximum absolute atomic E-state index is 12.6. The Morgan fingerprint density at radius 2 is 1.96 bits per heavy atom. The summed E-state index contributed by atoms with van der Waals surface area (Å²) in [5.74, 6) is 2.05. The van der Waals surface area contributed by atoms with Gasteiger partial charge in [0.05, 0.1) is 16.3 Å². The van der Waals surface area contributed by atoms with Crippen LogP contribution in [0, 0.1) is 0 Å². The zero-order chi connectivity index (χ0) is 19.3. The molecule has 0 bridgehead atoms. The molecule has 0 spiro atoms. The number of nitrogens with zero attached hydrogens (tertiary/aromatic N) is 3. The van der Waals surface area contributed by atoms with E-state index in [9.17, 15) is 4.79 Å². The minimum absolute atomic E-state index is 0.266. The van der Waals surface area contributed by atoms with Crippen LogP contribution in [0.25, 0.3) is 33.9 Å². The Kier molecular flexibility index (Phi) is 4.08. The number of hydrogen-bond donors (Lipinski definition) is 0.